The van der Waals surface area contributed by atoms with Gasteiger partial charge in [0.1, 0.15) is 6.61 Å². The highest BCUT2D eigenvalue weighted by molar-refractivity contribution is 7.47. The number of esters is 2. The highest BCUT2D eigenvalue weighted by Crippen LogP contribution is 2.43. The fraction of sp³-hybridized carbons (Fsp3) is 0.793. The molecular formula is C29H54NO8P. The molecule has 0 spiro atoms. The lowest BCUT2D eigenvalue weighted by molar-refractivity contribution is -0.160. The minimum absolute atomic E-state index is 0.0509. The van der Waals surface area contributed by atoms with E-state index in [1.165, 1.54) is 64.7 Å². The topological polar surface area (TPSA) is 134 Å². The third kappa shape index (κ3) is 27.8. The van der Waals surface area contributed by atoms with E-state index in [1.54, 1.807) is 0 Å². The van der Waals surface area contributed by atoms with Crippen LogP contribution in [0.3, 0.4) is 0 Å². The second-order valence-electron chi connectivity index (χ2n) is 9.70. The van der Waals surface area contributed by atoms with Gasteiger partial charge in [0.05, 0.1) is 13.2 Å². The number of hydrogen-bond acceptors (Lipinski definition) is 8. The lowest BCUT2D eigenvalue weighted by atomic mass is 10.1. The van der Waals surface area contributed by atoms with E-state index < -0.39 is 32.5 Å². The largest absolute Gasteiger partial charge is 0.472 e. The third-order valence-electron chi connectivity index (χ3n) is 5.90. The first-order valence-electron chi connectivity index (χ1n) is 14.8. The average molecular weight is 576 g/mol. The van der Waals surface area contributed by atoms with Crippen LogP contribution in [0.15, 0.2) is 24.3 Å². The number of phosphoric acid groups is 1. The Morgan fingerprint density at radius 2 is 1.38 bits per heavy atom. The van der Waals surface area contributed by atoms with Gasteiger partial charge in [-0.1, -0.05) is 89.0 Å². The number of allylic oxidation sites excluding steroid dienone is 4. The summed E-state index contributed by atoms with van der Waals surface area (Å²) in [6.45, 7) is 2.63. The first-order chi connectivity index (χ1) is 18.8. The zero-order valence-electron chi connectivity index (χ0n) is 24.4. The lowest BCUT2D eigenvalue weighted by Gasteiger charge is -2.19. The van der Waals surface area contributed by atoms with Crippen LogP contribution in [-0.4, -0.2) is 49.3 Å². The number of unbranched alkanes of at least 4 members (excludes halogenated alkanes) is 12. The summed E-state index contributed by atoms with van der Waals surface area (Å²) in [5, 5.41) is 0. The molecule has 0 bridgehead atoms. The lowest BCUT2D eigenvalue weighted by Crippen LogP contribution is -2.29. The Hall–Kier alpha value is -1.51. The van der Waals surface area contributed by atoms with Gasteiger partial charge in [-0.15, -0.1) is 0 Å². The van der Waals surface area contributed by atoms with Gasteiger partial charge in [0, 0.05) is 19.9 Å². The molecule has 0 saturated carbocycles. The van der Waals surface area contributed by atoms with Crippen LogP contribution in [-0.2, 0) is 32.7 Å². The number of carbonyl (C=O) groups excluding carboxylic acids is 2. The molecule has 0 radical (unpaired) electrons. The first kappa shape index (κ1) is 37.5. The van der Waals surface area contributed by atoms with Gasteiger partial charge in [-0.3, -0.25) is 18.6 Å². The zero-order valence-corrected chi connectivity index (χ0v) is 25.3. The van der Waals surface area contributed by atoms with Gasteiger partial charge in [0.2, 0.25) is 0 Å². The van der Waals surface area contributed by atoms with E-state index in [-0.39, 0.29) is 26.2 Å². The summed E-state index contributed by atoms with van der Waals surface area (Å²) in [7, 11) is -4.33. The van der Waals surface area contributed by atoms with E-state index in [0.717, 1.165) is 32.1 Å². The number of hydrogen-bond donors (Lipinski definition) is 2. The van der Waals surface area contributed by atoms with Crippen LogP contribution in [0.4, 0.5) is 0 Å². The molecule has 228 valence electrons. The van der Waals surface area contributed by atoms with Crippen LogP contribution in [0.2, 0.25) is 0 Å². The predicted molar refractivity (Wildman–Crippen MR) is 155 cm³/mol. The van der Waals surface area contributed by atoms with Crippen molar-refractivity contribution in [3.63, 3.8) is 0 Å². The normalized spacial score (nSPS) is 14.1. The summed E-state index contributed by atoms with van der Waals surface area (Å²) < 4.78 is 31.4. The maximum atomic E-state index is 12.2. The molecule has 0 aliphatic rings. The molecule has 0 aliphatic heterocycles. The van der Waals surface area contributed by atoms with Crippen molar-refractivity contribution in [2.45, 2.75) is 123 Å². The maximum Gasteiger partial charge on any atom is 0.472 e. The van der Waals surface area contributed by atoms with Crippen LogP contribution >= 0.6 is 7.82 Å². The van der Waals surface area contributed by atoms with Crippen molar-refractivity contribution in [2.75, 3.05) is 26.4 Å². The molecule has 0 aromatic rings. The third-order valence-corrected chi connectivity index (χ3v) is 6.88. The summed E-state index contributed by atoms with van der Waals surface area (Å²) >= 11 is 0. The standard InChI is InChI=1S/C29H54NO8P/c1-3-4-5-6-7-8-9-10-11-12-13-14-15-16-17-18-19-20-21-22-29(32)38-28(25-35-27(2)31)26-37-39(33,34)36-24-23-30/h7-8,10-11,28H,3-6,9,12-26,30H2,1-2H3,(H,33,34)/b8-7-,11-10-. The minimum Gasteiger partial charge on any atom is -0.462 e. The maximum absolute atomic E-state index is 12.2. The van der Waals surface area contributed by atoms with E-state index in [0.29, 0.717) is 6.42 Å². The molecule has 39 heavy (non-hydrogen) atoms. The highest BCUT2D eigenvalue weighted by atomic mass is 31.2. The average Bonchev–Trinajstić information content (AvgIpc) is 2.90. The van der Waals surface area contributed by atoms with Gasteiger partial charge >= 0.3 is 19.8 Å². The SMILES string of the molecule is CCCCC/C=C\C/C=C\CCCCCCCCCCCC(=O)OC(COC(C)=O)COP(=O)(O)OCCN. The summed E-state index contributed by atoms with van der Waals surface area (Å²) in [4.78, 5) is 32.8. The van der Waals surface area contributed by atoms with E-state index in [4.69, 9.17) is 19.7 Å². The van der Waals surface area contributed by atoms with Gasteiger partial charge in [0.25, 0.3) is 0 Å². The molecule has 10 heteroatoms. The highest BCUT2D eigenvalue weighted by Gasteiger charge is 2.25. The van der Waals surface area contributed by atoms with E-state index in [9.17, 15) is 19.0 Å². The molecule has 0 aliphatic carbocycles. The molecule has 0 saturated heterocycles. The Bertz CT molecular complexity index is 713. The monoisotopic (exact) mass is 575 g/mol. The molecule has 2 unspecified atom stereocenters. The molecule has 0 rings (SSSR count). The van der Waals surface area contributed by atoms with Crippen LogP contribution in [0.25, 0.3) is 0 Å². The van der Waals surface area contributed by atoms with Crippen LogP contribution in [0.1, 0.15) is 117 Å². The van der Waals surface area contributed by atoms with Gasteiger partial charge in [0.15, 0.2) is 6.10 Å². The number of phosphoric ester groups is 1. The van der Waals surface area contributed by atoms with E-state index >= 15 is 0 Å². The Morgan fingerprint density at radius 1 is 0.821 bits per heavy atom. The number of ether oxygens (including phenoxy) is 2. The molecule has 0 fully saturated rings. The van der Waals surface area contributed by atoms with Crippen molar-refractivity contribution in [1.29, 1.82) is 0 Å². The fourth-order valence-electron chi connectivity index (χ4n) is 3.74. The van der Waals surface area contributed by atoms with Crippen LogP contribution in [0, 0.1) is 0 Å². The second kappa shape index (κ2) is 26.7. The van der Waals surface area contributed by atoms with Crippen molar-refractivity contribution < 1.29 is 37.6 Å². The van der Waals surface area contributed by atoms with E-state index in [2.05, 4.69) is 35.8 Å². The molecule has 0 aromatic carbocycles. The van der Waals surface area contributed by atoms with Crippen molar-refractivity contribution in [3.8, 4) is 0 Å². The number of rotatable bonds is 27. The molecule has 0 heterocycles. The predicted octanol–water partition coefficient (Wildman–Crippen LogP) is 6.93. The quantitative estimate of drug-likeness (QED) is 0.0463. The number of carbonyl (C=O) groups is 2. The van der Waals surface area contributed by atoms with E-state index in [1.807, 2.05) is 0 Å². The van der Waals surface area contributed by atoms with Gasteiger partial charge in [-0.2, -0.15) is 0 Å². The Balaban J connectivity index is 3.81. The van der Waals surface area contributed by atoms with Gasteiger partial charge < -0.3 is 20.1 Å². The molecule has 9 nitrogen and oxygen atoms in total. The summed E-state index contributed by atoms with van der Waals surface area (Å²) in [6, 6.07) is 0. The smallest absolute Gasteiger partial charge is 0.462 e. The summed E-state index contributed by atoms with van der Waals surface area (Å²) in [6.07, 6.45) is 25.7. The summed E-state index contributed by atoms with van der Waals surface area (Å²) in [5.41, 5.74) is 5.24. The van der Waals surface area contributed by atoms with Crippen LogP contribution < -0.4 is 5.73 Å². The van der Waals surface area contributed by atoms with Crippen molar-refractivity contribution in [2.24, 2.45) is 5.73 Å². The van der Waals surface area contributed by atoms with Gasteiger partial charge in [-0.05, 0) is 38.5 Å². The minimum atomic E-state index is -4.33. The number of nitrogens with two attached hydrogens (primary N) is 1. The first-order valence-corrected chi connectivity index (χ1v) is 16.2. The summed E-state index contributed by atoms with van der Waals surface area (Å²) in [5.74, 6) is -1.03. The molecule has 0 amide bonds. The Morgan fingerprint density at radius 3 is 1.95 bits per heavy atom. The molecule has 2 atom stereocenters. The fourth-order valence-corrected chi connectivity index (χ4v) is 4.51. The second-order valence-corrected chi connectivity index (χ2v) is 11.1. The molecular weight excluding hydrogens is 521 g/mol. The molecule has 0 aromatic heterocycles. The molecule has 3 N–H and O–H groups in total. The Kier molecular flexibility index (Phi) is 25.7. The Labute approximate surface area is 236 Å². The van der Waals surface area contributed by atoms with Crippen molar-refractivity contribution in [1.82, 2.24) is 0 Å². The van der Waals surface area contributed by atoms with Crippen molar-refractivity contribution in [3.05, 3.63) is 24.3 Å². The van der Waals surface area contributed by atoms with Crippen LogP contribution in [0.5, 0.6) is 0 Å². The van der Waals surface area contributed by atoms with Gasteiger partial charge in [-0.25, -0.2) is 4.57 Å². The van der Waals surface area contributed by atoms with Crippen molar-refractivity contribution >= 4 is 19.8 Å². The zero-order chi connectivity index (χ0) is 29.0.